The van der Waals surface area contributed by atoms with Crippen LogP contribution in [0.25, 0.3) is 0 Å². The number of carbonyl (C=O) groups is 1. The Kier molecular flexibility index (Phi) is 19.2. The van der Waals surface area contributed by atoms with Gasteiger partial charge in [0.25, 0.3) is 0 Å². The van der Waals surface area contributed by atoms with Crippen LogP contribution in [0.4, 0.5) is 0 Å². The second kappa shape index (κ2) is 16.2. The molecule has 1 aromatic rings. The van der Waals surface area contributed by atoms with Gasteiger partial charge in [0, 0.05) is 75.5 Å². The molecule has 0 radical (unpaired) electrons. The number of nitrogens with two attached hydrogens (primary N) is 1. The summed E-state index contributed by atoms with van der Waals surface area (Å²) in [5, 5.41) is 5.97. The van der Waals surface area contributed by atoms with Gasteiger partial charge < -0.3 is 10.6 Å². The summed E-state index contributed by atoms with van der Waals surface area (Å²) in [7, 11) is 11.6. The Morgan fingerprint density at radius 2 is 1.91 bits per heavy atom. The van der Waals surface area contributed by atoms with Crippen molar-refractivity contribution in [2.75, 3.05) is 13.1 Å². The van der Waals surface area contributed by atoms with Gasteiger partial charge in [0.05, 0.1) is 0 Å². The van der Waals surface area contributed by atoms with Crippen LogP contribution >= 0.6 is 19.4 Å². The maximum atomic E-state index is 10.9. The van der Waals surface area contributed by atoms with Crippen LogP contribution in [-0.4, -0.2) is 29.7 Å². The van der Waals surface area contributed by atoms with E-state index in [1.54, 1.807) is 23.7 Å². The van der Waals surface area contributed by atoms with E-state index in [1.165, 1.54) is 0 Å². The van der Waals surface area contributed by atoms with Gasteiger partial charge >= 0.3 is 107 Å². The van der Waals surface area contributed by atoms with E-state index in [0.29, 0.717) is 5.75 Å². The summed E-state index contributed by atoms with van der Waals surface area (Å²) in [6.45, 7) is 5.62. The molecule has 1 heterocycles. The second-order valence-electron chi connectivity index (χ2n) is 4.06. The number of benzene rings is 1. The Bertz CT molecular complexity index is 494. The van der Waals surface area contributed by atoms with Crippen molar-refractivity contribution in [1.29, 1.82) is 0 Å². The number of hydrogen-bond donors (Lipinski definition) is 3. The fourth-order valence-corrected chi connectivity index (χ4v) is 3.17. The molecule has 0 aromatic heterocycles. The number of halogens is 2. The van der Waals surface area contributed by atoms with Crippen LogP contribution in [-0.2, 0) is 18.3 Å². The molecular weight excluding hydrogens is 482 g/mol. The SMILES string of the molecule is CC(Oc1ccccc1[CH]=[Ru]([Cl])[Cl])C(N)=O.[Ar].[Ar].[CH-]1NCCN1. The van der Waals surface area contributed by atoms with Crippen LogP contribution in [0.15, 0.2) is 24.3 Å². The zero-order valence-corrected chi connectivity index (χ0v) is 16.8. The third-order valence-electron chi connectivity index (χ3n) is 2.43. The average molecular weight is 500 g/mol. The van der Waals surface area contributed by atoms with Crippen molar-refractivity contribution >= 4 is 29.9 Å². The summed E-state index contributed by atoms with van der Waals surface area (Å²) in [6.07, 6.45) is -0.680. The fourth-order valence-electron chi connectivity index (χ4n) is 1.36. The first-order chi connectivity index (χ1) is 10.0. The minimum absolute atomic E-state index is 0. The molecule has 1 atom stereocenters. The van der Waals surface area contributed by atoms with Crippen molar-refractivity contribution in [3.8, 4) is 5.75 Å². The van der Waals surface area contributed by atoms with Crippen LogP contribution in [0, 0.1) is 82.1 Å². The summed E-state index contributed by atoms with van der Waals surface area (Å²) < 4.78 is 7.17. The Hall–Kier alpha value is 2.00. The number of hydrogen-bond acceptors (Lipinski definition) is 4. The fraction of sp³-hybridized carbons (Fsp3) is 0.308. The van der Waals surface area contributed by atoms with Gasteiger partial charge in [-0.1, -0.05) is 0 Å². The quantitative estimate of drug-likeness (QED) is 0.431. The third-order valence-corrected chi connectivity index (χ3v) is 4.26. The molecule has 0 bridgehead atoms. The molecule has 0 spiro atoms. The van der Waals surface area contributed by atoms with Gasteiger partial charge in [-0.25, -0.2) is 6.67 Å². The zero-order valence-electron chi connectivity index (χ0n) is 12.2. The first-order valence-corrected chi connectivity index (χ1v) is 11.7. The molecular formula is C13H18Ar2Cl2N3O2Ru-. The van der Waals surface area contributed by atoms with Gasteiger partial charge in [-0.05, 0) is 13.1 Å². The molecule has 4 N–H and O–H groups in total. The van der Waals surface area contributed by atoms with Crippen molar-refractivity contribution < 1.29 is 98.5 Å². The number of rotatable bonds is 4. The monoisotopic (exact) mass is 500 g/mol. The molecule has 136 valence electrons. The standard InChI is InChI=1S/C10H11NO2.C3H7N2.2Ar.2ClH.Ru/c1-7-5-3-4-6-9(7)13-8(2)10(11)12;1-2-5-3-4-1;;;;;/h1,3-6,8H,2H3,(H2,11,12);3-5H,1-2H2;;;2*1H;/q;-1;;;;;+2/p-2. The topological polar surface area (TPSA) is 76.4 Å². The summed E-state index contributed by atoms with van der Waals surface area (Å²) in [6, 6.07) is 7.23. The normalized spacial score (nSPS) is 14.1. The number of carbonyl (C=O) groups excluding carboxylic acids is 1. The van der Waals surface area contributed by atoms with Crippen LogP contribution in [0.2, 0.25) is 0 Å². The van der Waals surface area contributed by atoms with Crippen LogP contribution in [0.5, 0.6) is 5.75 Å². The van der Waals surface area contributed by atoms with Gasteiger partial charge in [-0.15, -0.1) is 0 Å². The van der Waals surface area contributed by atoms with Gasteiger partial charge in [-0.2, -0.15) is 0 Å². The van der Waals surface area contributed by atoms with E-state index in [9.17, 15) is 4.79 Å². The predicted octanol–water partition coefficient (Wildman–Crippen LogP) is 1.31. The van der Waals surface area contributed by atoms with Crippen molar-refractivity contribution in [2.24, 2.45) is 5.73 Å². The molecule has 1 aliphatic heterocycles. The van der Waals surface area contributed by atoms with E-state index in [1.807, 2.05) is 18.8 Å². The van der Waals surface area contributed by atoms with Gasteiger partial charge in [0.15, 0.2) is 0 Å². The molecule has 1 amide bonds. The molecule has 2 rings (SSSR count). The first-order valence-electron chi connectivity index (χ1n) is 6.17. The Labute approximate surface area is 209 Å². The van der Waals surface area contributed by atoms with E-state index in [2.05, 4.69) is 10.6 Å². The Morgan fingerprint density at radius 1 is 1.35 bits per heavy atom. The third kappa shape index (κ3) is 12.9. The van der Waals surface area contributed by atoms with Crippen LogP contribution < -0.4 is 21.1 Å². The molecule has 5 nitrogen and oxygen atoms in total. The number of nitrogens with one attached hydrogen (secondary N) is 2. The molecule has 1 saturated heterocycles. The molecule has 0 saturated carbocycles. The minimum Gasteiger partial charge on any atom is -0.455 e. The van der Waals surface area contributed by atoms with E-state index >= 15 is 0 Å². The smallest absolute Gasteiger partial charge is 0 e. The number of ether oxygens (including phenoxy) is 1. The Balaban J connectivity index is 0. The number of para-hydroxylation sites is 1. The summed E-state index contributed by atoms with van der Waals surface area (Å²) in [4.78, 5) is 10.9. The molecule has 10 heteroatoms. The largest absolute Gasteiger partial charge is 0.455 e. The number of primary amides is 1. The van der Waals surface area contributed by atoms with E-state index in [0.717, 1.165) is 18.7 Å². The maximum Gasteiger partial charge on any atom is 0 e. The van der Waals surface area contributed by atoms with Crippen molar-refractivity contribution in [2.45, 2.75) is 13.0 Å². The van der Waals surface area contributed by atoms with Crippen LogP contribution in [0.3, 0.4) is 0 Å². The van der Waals surface area contributed by atoms with Crippen LogP contribution in [0.1, 0.15) is 12.5 Å². The Morgan fingerprint density at radius 3 is 2.35 bits per heavy atom. The van der Waals surface area contributed by atoms with E-state index in [-0.39, 0.29) is 75.5 Å². The molecule has 1 fully saturated rings. The molecule has 23 heavy (non-hydrogen) atoms. The first kappa shape index (κ1) is 27.2. The predicted molar refractivity (Wildman–Crippen MR) is 82.9 cm³/mol. The van der Waals surface area contributed by atoms with Gasteiger partial charge in [-0.3, -0.25) is 0 Å². The second-order valence-corrected chi connectivity index (χ2v) is 9.78. The van der Waals surface area contributed by atoms with Crippen molar-refractivity contribution in [1.82, 2.24) is 10.6 Å². The summed E-state index contributed by atoms with van der Waals surface area (Å²) in [5.74, 6) is 0.0505. The van der Waals surface area contributed by atoms with Crippen molar-refractivity contribution in [3.05, 3.63) is 36.5 Å². The summed E-state index contributed by atoms with van der Waals surface area (Å²) in [5.41, 5.74) is 5.91. The van der Waals surface area contributed by atoms with Gasteiger partial charge in [0.2, 0.25) is 0 Å². The average Bonchev–Trinajstić information content (AvgIpc) is 2.99. The molecule has 0 aliphatic carbocycles. The molecule has 1 unspecified atom stereocenters. The summed E-state index contributed by atoms with van der Waals surface area (Å²) >= 11 is -1.91. The minimum atomic E-state index is -1.91. The zero-order chi connectivity index (χ0) is 15.7. The molecule has 1 aromatic carbocycles. The molecule has 1 aliphatic rings. The van der Waals surface area contributed by atoms with Gasteiger partial charge in [0.1, 0.15) is 0 Å². The number of amides is 1. The van der Waals surface area contributed by atoms with E-state index < -0.39 is 25.5 Å². The van der Waals surface area contributed by atoms with E-state index in [4.69, 9.17) is 29.9 Å². The van der Waals surface area contributed by atoms with Crippen molar-refractivity contribution in [3.63, 3.8) is 0 Å². The maximum absolute atomic E-state index is 10.9.